The quantitative estimate of drug-likeness (QED) is 0.436. The number of Topliss-reactive ketones (excluding diaryl/α,β-unsaturated/α-hetero) is 2. The smallest absolute Gasteiger partial charge is 0.243 e. The van der Waals surface area contributed by atoms with Gasteiger partial charge in [0.25, 0.3) is 0 Å². The van der Waals surface area contributed by atoms with E-state index in [9.17, 15) is 23.9 Å². The molecule has 188 valence electrons. The molecular formula is C27H27ClFN3O4. The summed E-state index contributed by atoms with van der Waals surface area (Å²) in [6.45, 7) is 1.24. The largest absolute Gasteiger partial charge is 0.396 e. The number of aromatic nitrogens is 2. The van der Waals surface area contributed by atoms with E-state index in [1.807, 2.05) is 0 Å². The van der Waals surface area contributed by atoms with Crippen LogP contribution in [0, 0.1) is 11.7 Å². The summed E-state index contributed by atoms with van der Waals surface area (Å²) >= 11 is 5.95. The molecule has 2 aliphatic rings. The van der Waals surface area contributed by atoms with Crippen LogP contribution in [0.3, 0.4) is 0 Å². The molecule has 1 saturated heterocycles. The molecule has 4 atom stereocenters. The molecule has 7 nitrogen and oxygen atoms in total. The van der Waals surface area contributed by atoms with Crippen molar-refractivity contribution in [2.75, 3.05) is 6.61 Å². The van der Waals surface area contributed by atoms with Gasteiger partial charge < -0.3 is 14.6 Å². The Morgan fingerprint density at radius 2 is 2.03 bits per heavy atom. The molecule has 0 bridgehead atoms. The van der Waals surface area contributed by atoms with Crippen molar-refractivity contribution >= 4 is 40.1 Å². The highest BCUT2D eigenvalue weighted by atomic mass is 35.5. The topological polar surface area (TPSA) is 92.5 Å². The number of benzene rings is 1. The molecule has 2 fully saturated rings. The fourth-order valence-corrected chi connectivity index (χ4v) is 5.77. The summed E-state index contributed by atoms with van der Waals surface area (Å²) in [5.74, 6) is -1.29. The van der Waals surface area contributed by atoms with Crippen molar-refractivity contribution in [3.8, 4) is 0 Å². The van der Waals surface area contributed by atoms with E-state index in [0.717, 1.165) is 6.42 Å². The molecule has 1 aliphatic carbocycles. The fraction of sp³-hybridized carbons (Fsp3) is 0.407. The predicted octanol–water partition coefficient (Wildman–Crippen LogP) is 4.15. The van der Waals surface area contributed by atoms with Crippen LogP contribution in [0.15, 0.2) is 42.7 Å². The molecule has 5 rings (SSSR count). The van der Waals surface area contributed by atoms with E-state index in [4.69, 9.17) is 11.6 Å². The van der Waals surface area contributed by atoms with E-state index in [-0.39, 0.29) is 60.4 Å². The van der Waals surface area contributed by atoms with E-state index in [1.165, 1.54) is 13.0 Å². The zero-order chi connectivity index (χ0) is 25.6. The number of likely N-dealkylation sites (tertiary alicyclic amines) is 1. The monoisotopic (exact) mass is 511 g/mol. The van der Waals surface area contributed by atoms with Gasteiger partial charge >= 0.3 is 0 Å². The van der Waals surface area contributed by atoms with Crippen molar-refractivity contribution in [1.82, 2.24) is 14.5 Å². The lowest BCUT2D eigenvalue weighted by Gasteiger charge is -2.28. The van der Waals surface area contributed by atoms with Crippen LogP contribution >= 0.6 is 11.6 Å². The molecule has 1 saturated carbocycles. The number of nitrogens with zero attached hydrogens (tertiary/aromatic N) is 3. The lowest BCUT2D eigenvalue weighted by atomic mass is 9.88. The minimum Gasteiger partial charge on any atom is -0.396 e. The summed E-state index contributed by atoms with van der Waals surface area (Å²) < 4.78 is 16.4. The van der Waals surface area contributed by atoms with Crippen LogP contribution in [-0.4, -0.2) is 55.7 Å². The van der Waals surface area contributed by atoms with E-state index in [2.05, 4.69) is 4.98 Å². The normalized spacial score (nSPS) is 21.4. The summed E-state index contributed by atoms with van der Waals surface area (Å²) in [5, 5.41) is 10.2. The minimum absolute atomic E-state index is 0.00813. The van der Waals surface area contributed by atoms with Crippen molar-refractivity contribution in [1.29, 1.82) is 0 Å². The third-order valence-electron chi connectivity index (χ3n) is 7.43. The van der Waals surface area contributed by atoms with Crippen LogP contribution < -0.4 is 0 Å². The fourth-order valence-electron chi connectivity index (χ4n) is 5.59. The van der Waals surface area contributed by atoms with Crippen LogP contribution in [-0.2, 0) is 16.1 Å². The van der Waals surface area contributed by atoms with E-state index in [0.29, 0.717) is 28.6 Å². The maximum atomic E-state index is 14.7. The van der Waals surface area contributed by atoms with Crippen LogP contribution in [0.1, 0.15) is 54.4 Å². The maximum absolute atomic E-state index is 14.7. The highest BCUT2D eigenvalue weighted by molar-refractivity contribution is 6.30. The zero-order valence-electron chi connectivity index (χ0n) is 19.9. The first-order valence-electron chi connectivity index (χ1n) is 12.1. The Labute approximate surface area is 212 Å². The van der Waals surface area contributed by atoms with Gasteiger partial charge in [-0.15, -0.1) is 0 Å². The summed E-state index contributed by atoms with van der Waals surface area (Å²) in [4.78, 5) is 45.1. The number of pyridine rings is 1. The molecule has 1 aliphatic heterocycles. The number of rotatable bonds is 9. The highest BCUT2D eigenvalue weighted by Gasteiger charge is 2.55. The molecule has 9 heteroatoms. The van der Waals surface area contributed by atoms with Gasteiger partial charge in [-0.1, -0.05) is 23.7 Å². The Morgan fingerprint density at radius 1 is 1.22 bits per heavy atom. The lowest BCUT2D eigenvalue weighted by molar-refractivity contribution is -0.139. The van der Waals surface area contributed by atoms with E-state index in [1.54, 1.807) is 46.1 Å². The van der Waals surface area contributed by atoms with Gasteiger partial charge in [-0.05, 0) is 61.8 Å². The number of halogens is 2. The number of fused-ring (bicyclic) bond motifs is 2. The number of aliphatic hydroxyl groups excluding tert-OH is 1. The second-order valence-electron chi connectivity index (χ2n) is 9.74. The Hall–Kier alpha value is -3.10. The molecule has 1 amide bonds. The van der Waals surface area contributed by atoms with Gasteiger partial charge in [0.15, 0.2) is 11.6 Å². The van der Waals surface area contributed by atoms with Gasteiger partial charge in [0.2, 0.25) is 5.91 Å². The Morgan fingerprint density at radius 3 is 2.78 bits per heavy atom. The third kappa shape index (κ3) is 4.44. The number of aliphatic hydroxyl groups is 1. The molecule has 0 unspecified atom stereocenters. The van der Waals surface area contributed by atoms with Crippen molar-refractivity contribution in [3.05, 3.63) is 64.7 Å². The molecule has 0 radical (unpaired) electrons. The molecule has 36 heavy (non-hydrogen) atoms. The van der Waals surface area contributed by atoms with E-state index < -0.39 is 17.8 Å². The van der Waals surface area contributed by atoms with Crippen LogP contribution in [0.2, 0.25) is 5.02 Å². The first kappa shape index (κ1) is 24.6. The van der Waals surface area contributed by atoms with Crippen molar-refractivity contribution in [2.24, 2.45) is 5.92 Å². The Bertz CT molecular complexity index is 1360. The van der Waals surface area contributed by atoms with Crippen LogP contribution in [0.25, 0.3) is 11.0 Å². The summed E-state index contributed by atoms with van der Waals surface area (Å²) in [6, 6.07) is 7.63. The van der Waals surface area contributed by atoms with Crippen molar-refractivity contribution in [3.63, 3.8) is 0 Å². The molecule has 1 aromatic carbocycles. The molecular weight excluding hydrogens is 485 g/mol. The minimum atomic E-state index is -0.591. The number of carbonyl (C=O) groups is 3. The van der Waals surface area contributed by atoms with Crippen molar-refractivity contribution < 1.29 is 23.9 Å². The average Bonchev–Trinajstić information content (AvgIpc) is 3.35. The molecule has 2 aromatic heterocycles. The standard InChI is InChI=1S/C27H27ClFN3O4/c1-15(34)20-13-31(27-19(20)5-3-8-30-27)14-25(36)32-22-10-17(22)11-23(32)24(35)12-16(7-9-33)18-4-2-6-21(28)26(18)29/h2-6,8,13,16-17,22-23,33H,7,9-12,14H2,1H3/t16-,17+,22+,23-/m0/s1. The highest BCUT2D eigenvalue weighted by Crippen LogP contribution is 2.49. The lowest BCUT2D eigenvalue weighted by Crippen LogP contribution is -2.45. The number of ketones is 2. The molecule has 3 aromatic rings. The van der Waals surface area contributed by atoms with Gasteiger partial charge in [0, 0.05) is 42.4 Å². The number of carbonyl (C=O) groups excluding carboxylic acids is 3. The maximum Gasteiger partial charge on any atom is 0.243 e. The second kappa shape index (κ2) is 9.75. The van der Waals surface area contributed by atoms with Gasteiger partial charge in [0.1, 0.15) is 18.0 Å². The molecule has 0 spiro atoms. The summed E-state index contributed by atoms with van der Waals surface area (Å²) in [5.41, 5.74) is 1.34. The molecule has 1 N–H and O–H groups in total. The van der Waals surface area contributed by atoms with Gasteiger partial charge in [-0.2, -0.15) is 0 Å². The summed E-state index contributed by atoms with van der Waals surface area (Å²) in [7, 11) is 0. The first-order valence-corrected chi connectivity index (χ1v) is 12.5. The van der Waals surface area contributed by atoms with Gasteiger partial charge in [-0.3, -0.25) is 14.4 Å². The number of hydrogen-bond acceptors (Lipinski definition) is 5. The number of amides is 1. The van der Waals surface area contributed by atoms with Gasteiger partial charge in [-0.25, -0.2) is 9.37 Å². The third-order valence-corrected chi connectivity index (χ3v) is 7.72. The van der Waals surface area contributed by atoms with Crippen LogP contribution in [0.5, 0.6) is 0 Å². The summed E-state index contributed by atoms with van der Waals surface area (Å²) in [6.07, 6.45) is 4.93. The van der Waals surface area contributed by atoms with Crippen molar-refractivity contribution in [2.45, 2.75) is 57.2 Å². The van der Waals surface area contributed by atoms with Crippen LogP contribution in [0.4, 0.5) is 4.39 Å². The average molecular weight is 512 g/mol. The Kier molecular flexibility index (Phi) is 6.66. The molecule has 3 heterocycles. The predicted molar refractivity (Wildman–Crippen MR) is 132 cm³/mol. The SMILES string of the molecule is CC(=O)c1cn(CC(=O)N2[C@@H]3C[C@@H]3C[C@H]2C(=O)C[C@H](CCO)c2cccc(Cl)c2F)c2ncccc12. The zero-order valence-corrected chi connectivity index (χ0v) is 20.6. The number of hydrogen-bond donors (Lipinski definition) is 1. The first-order chi connectivity index (χ1) is 17.3. The number of piperidine rings is 1. The van der Waals surface area contributed by atoms with E-state index >= 15 is 0 Å². The second-order valence-corrected chi connectivity index (χ2v) is 10.1. The Balaban J connectivity index is 1.37. The van der Waals surface area contributed by atoms with Gasteiger partial charge in [0.05, 0.1) is 11.1 Å².